The smallest absolute Gasteiger partial charge is 0.324 e. The van der Waals surface area contributed by atoms with Gasteiger partial charge in [0.1, 0.15) is 11.6 Å². The fourth-order valence-corrected chi connectivity index (χ4v) is 3.22. The molecule has 2 aromatic heterocycles. The van der Waals surface area contributed by atoms with E-state index >= 15 is 0 Å². The summed E-state index contributed by atoms with van der Waals surface area (Å²) in [6, 6.07) is 11.0. The van der Waals surface area contributed by atoms with Crippen LogP contribution in [0.5, 0.6) is 0 Å². The lowest BCUT2D eigenvalue weighted by Crippen LogP contribution is -2.29. The van der Waals surface area contributed by atoms with Gasteiger partial charge in [0.25, 0.3) is 0 Å². The van der Waals surface area contributed by atoms with Crippen LogP contribution in [0.1, 0.15) is 26.3 Å². The van der Waals surface area contributed by atoms with E-state index in [9.17, 15) is 9.59 Å². The van der Waals surface area contributed by atoms with Crippen molar-refractivity contribution in [3.63, 3.8) is 0 Å². The highest BCUT2D eigenvalue weighted by Gasteiger charge is 2.16. The highest BCUT2D eigenvalue weighted by atomic mass is 32.2. The predicted octanol–water partition coefficient (Wildman–Crippen LogP) is 2.73. The van der Waals surface area contributed by atoms with Crippen molar-refractivity contribution in [2.45, 2.75) is 44.0 Å². The number of benzene rings is 1. The van der Waals surface area contributed by atoms with Crippen molar-refractivity contribution < 1.29 is 4.79 Å². The molecule has 3 aromatic rings. The number of rotatable bonds is 4. The number of anilines is 1. The first-order valence-corrected chi connectivity index (χ1v) is 9.05. The van der Waals surface area contributed by atoms with Crippen molar-refractivity contribution >= 4 is 29.0 Å². The summed E-state index contributed by atoms with van der Waals surface area (Å²) in [6.07, 6.45) is 0. The summed E-state index contributed by atoms with van der Waals surface area (Å²) in [4.78, 5) is 24.7. The first-order chi connectivity index (χ1) is 12.2. The third kappa shape index (κ3) is 4.32. The first kappa shape index (κ1) is 18.2. The second-order valence-electron chi connectivity index (χ2n) is 7.01. The summed E-state index contributed by atoms with van der Waals surface area (Å²) < 4.78 is 2.33. The third-order valence-electron chi connectivity index (χ3n) is 3.46. The van der Waals surface area contributed by atoms with Crippen molar-refractivity contribution in [3.05, 3.63) is 52.4 Å². The maximum absolute atomic E-state index is 12.5. The zero-order chi connectivity index (χ0) is 18.9. The van der Waals surface area contributed by atoms with Crippen LogP contribution in [0.3, 0.4) is 0 Å². The fraction of sp³-hybridized carbons (Fsp3) is 0.333. The Morgan fingerprint density at radius 2 is 1.81 bits per heavy atom. The molecule has 136 valence electrons. The van der Waals surface area contributed by atoms with Gasteiger partial charge in [0.05, 0.1) is 0 Å². The van der Waals surface area contributed by atoms with Crippen LogP contribution in [0, 0.1) is 6.92 Å². The van der Waals surface area contributed by atoms with Crippen LogP contribution in [0.2, 0.25) is 0 Å². The normalized spacial score (nSPS) is 11.7. The summed E-state index contributed by atoms with van der Waals surface area (Å²) in [5, 5.41) is 12.0. The van der Waals surface area contributed by atoms with Crippen LogP contribution in [0.15, 0.2) is 46.2 Å². The summed E-state index contributed by atoms with van der Waals surface area (Å²) in [5.41, 5.74) is 1.76. The Morgan fingerprint density at radius 1 is 1.12 bits per heavy atom. The van der Waals surface area contributed by atoms with E-state index in [1.165, 1.54) is 4.52 Å². The molecule has 0 atom stereocenters. The predicted molar refractivity (Wildman–Crippen MR) is 103 cm³/mol. The van der Waals surface area contributed by atoms with Crippen molar-refractivity contribution in [1.29, 1.82) is 0 Å². The van der Waals surface area contributed by atoms with E-state index in [0.29, 0.717) is 11.3 Å². The summed E-state index contributed by atoms with van der Waals surface area (Å²) in [7, 11) is 0. The van der Waals surface area contributed by atoms with Gasteiger partial charge in [0, 0.05) is 10.4 Å². The minimum absolute atomic E-state index is 0.0196. The third-order valence-corrected chi connectivity index (χ3v) is 4.49. The number of aromatic nitrogens is 4. The van der Waals surface area contributed by atoms with Gasteiger partial charge in [-0.05, 0) is 31.2 Å². The van der Waals surface area contributed by atoms with E-state index in [2.05, 4.69) is 36.3 Å². The molecule has 0 spiro atoms. The largest absolute Gasteiger partial charge is 0.367 e. The number of carbonyl (C=O) groups is 1. The molecule has 0 saturated carbocycles. The lowest BCUT2D eigenvalue weighted by molar-refractivity contribution is -0.117. The zero-order valence-corrected chi connectivity index (χ0v) is 16.0. The number of amides is 1. The fourth-order valence-electron chi connectivity index (χ4n) is 2.34. The zero-order valence-electron chi connectivity index (χ0n) is 15.2. The molecule has 0 aliphatic carbocycles. The molecule has 0 bridgehead atoms. The summed E-state index contributed by atoms with van der Waals surface area (Å²) in [6.45, 7) is 8.03. The minimum atomic E-state index is -0.435. The molecule has 7 nitrogen and oxygen atoms in total. The molecule has 3 rings (SSSR count). The number of aryl methyl sites for hydroxylation is 1. The standard InChI is InChI=1S/C18H21N5O2S/c1-12-5-7-13(8-6-12)19-15(24)11-22-17(25)23-14(20-22)9-10-16(21-23)26-18(2,3)4/h5-10H,11H2,1-4H3,(H,19,24). The van der Waals surface area contributed by atoms with Crippen LogP contribution in [0.4, 0.5) is 5.69 Å². The number of fused-ring (bicyclic) bond motifs is 1. The van der Waals surface area contributed by atoms with Gasteiger partial charge in [-0.3, -0.25) is 4.79 Å². The van der Waals surface area contributed by atoms with Crippen molar-refractivity contribution in [3.8, 4) is 0 Å². The van der Waals surface area contributed by atoms with Gasteiger partial charge in [0.15, 0.2) is 5.65 Å². The number of hydrogen-bond acceptors (Lipinski definition) is 5. The van der Waals surface area contributed by atoms with Gasteiger partial charge in [-0.1, -0.05) is 50.2 Å². The van der Waals surface area contributed by atoms with Crippen molar-refractivity contribution in [2.75, 3.05) is 5.32 Å². The Labute approximate surface area is 155 Å². The maximum atomic E-state index is 12.5. The quantitative estimate of drug-likeness (QED) is 0.713. The monoisotopic (exact) mass is 371 g/mol. The minimum Gasteiger partial charge on any atom is -0.324 e. The van der Waals surface area contributed by atoms with Crippen LogP contribution < -0.4 is 11.0 Å². The topological polar surface area (TPSA) is 81.3 Å². The molecular weight excluding hydrogens is 350 g/mol. The van der Waals surface area contributed by atoms with Gasteiger partial charge >= 0.3 is 5.69 Å². The van der Waals surface area contributed by atoms with Crippen molar-refractivity contribution in [2.24, 2.45) is 0 Å². The highest BCUT2D eigenvalue weighted by Crippen LogP contribution is 2.29. The summed E-state index contributed by atoms with van der Waals surface area (Å²) in [5.74, 6) is -0.316. The molecule has 1 N–H and O–H groups in total. The highest BCUT2D eigenvalue weighted by molar-refractivity contribution is 8.00. The Hall–Kier alpha value is -2.61. The molecule has 1 aromatic carbocycles. The molecule has 0 fully saturated rings. The van der Waals surface area contributed by atoms with Gasteiger partial charge in [-0.25, -0.2) is 9.48 Å². The van der Waals surface area contributed by atoms with E-state index in [1.54, 1.807) is 17.8 Å². The summed E-state index contributed by atoms with van der Waals surface area (Å²) >= 11 is 1.56. The average Bonchev–Trinajstić information content (AvgIpc) is 2.84. The Bertz CT molecular complexity index is 999. The Kier molecular flexibility index (Phi) is 4.86. The number of nitrogens with one attached hydrogen (secondary N) is 1. The SMILES string of the molecule is Cc1ccc(NC(=O)Cn2nc3ccc(SC(C)(C)C)nn3c2=O)cc1. The molecule has 2 heterocycles. The molecule has 8 heteroatoms. The van der Waals surface area contributed by atoms with Gasteiger partial charge in [-0.2, -0.15) is 9.61 Å². The van der Waals surface area contributed by atoms with Crippen LogP contribution in [0.25, 0.3) is 5.65 Å². The number of nitrogens with zero attached hydrogens (tertiary/aromatic N) is 4. The van der Waals surface area contributed by atoms with Crippen LogP contribution >= 0.6 is 11.8 Å². The van der Waals surface area contributed by atoms with Gasteiger partial charge in [-0.15, -0.1) is 5.10 Å². The second-order valence-corrected chi connectivity index (χ2v) is 8.86. The molecular formula is C18H21N5O2S. The maximum Gasteiger partial charge on any atom is 0.367 e. The number of carbonyl (C=O) groups excluding carboxylic acids is 1. The van der Waals surface area contributed by atoms with E-state index in [1.807, 2.05) is 37.3 Å². The lowest BCUT2D eigenvalue weighted by Gasteiger charge is -2.16. The molecule has 0 saturated heterocycles. The van der Waals surface area contributed by atoms with Gasteiger partial charge in [0.2, 0.25) is 5.91 Å². The van der Waals surface area contributed by atoms with Crippen LogP contribution in [-0.2, 0) is 11.3 Å². The molecule has 0 aliphatic heterocycles. The Morgan fingerprint density at radius 3 is 2.46 bits per heavy atom. The number of thioether (sulfide) groups is 1. The first-order valence-electron chi connectivity index (χ1n) is 8.24. The molecule has 0 unspecified atom stereocenters. The lowest BCUT2D eigenvalue weighted by atomic mass is 10.2. The van der Waals surface area contributed by atoms with E-state index in [4.69, 9.17) is 0 Å². The molecule has 1 amide bonds. The van der Waals surface area contributed by atoms with Gasteiger partial charge < -0.3 is 5.32 Å². The second kappa shape index (κ2) is 6.95. The molecule has 0 aliphatic rings. The van der Waals surface area contributed by atoms with Crippen LogP contribution in [-0.4, -0.2) is 30.0 Å². The van der Waals surface area contributed by atoms with Crippen molar-refractivity contribution in [1.82, 2.24) is 19.4 Å². The van der Waals surface area contributed by atoms with E-state index in [0.717, 1.165) is 15.3 Å². The molecule has 0 radical (unpaired) electrons. The average molecular weight is 371 g/mol. The number of hydrogen-bond donors (Lipinski definition) is 1. The Balaban J connectivity index is 1.79. The van der Waals surface area contributed by atoms with E-state index < -0.39 is 5.69 Å². The molecule has 26 heavy (non-hydrogen) atoms. The van der Waals surface area contributed by atoms with E-state index in [-0.39, 0.29) is 17.2 Å².